The van der Waals surface area contributed by atoms with Crippen LogP contribution in [-0.4, -0.2) is 51.3 Å². The fourth-order valence-electron chi connectivity index (χ4n) is 2.06. The molecule has 1 aliphatic heterocycles. The summed E-state index contributed by atoms with van der Waals surface area (Å²) >= 11 is 5.93. The minimum absolute atomic E-state index is 0.182. The number of halogens is 1. The maximum Gasteiger partial charge on any atom is 0.269 e. The molecule has 0 aromatic heterocycles. The molecule has 0 radical (unpaired) electrons. The number of nitrogens with zero attached hydrogens (tertiary/aromatic N) is 1. The largest absolute Gasteiger partial charge is 0.496 e. The number of hydrogen-bond acceptors (Lipinski definition) is 3. The van der Waals surface area contributed by atoms with Gasteiger partial charge in [0.25, 0.3) is 5.91 Å². The van der Waals surface area contributed by atoms with E-state index in [4.69, 9.17) is 16.3 Å². The summed E-state index contributed by atoms with van der Waals surface area (Å²) in [6.45, 7) is 3.74. The summed E-state index contributed by atoms with van der Waals surface area (Å²) < 4.78 is 5.19. The molecule has 1 aliphatic rings. The molecule has 0 aliphatic carbocycles. The highest BCUT2D eigenvalue weighted by atomic mass is 35.5. The maximum absolute atomic E-state index is 12.2. The molecule has 0 saturated carbocycles. The standard InChI is InChI=1S/C13H18ClN3O2/c1-16-5-7-17(8-6-16)15-13(18)11-9-10(14)3-4-12(11)19-2/h3-4,9H,5-8H2,1-2H3,(H,15,18)/p+1. The molecule has 2 N–H and O–H groups in total. The van der Waals surface area contributed by atoms with Crippen molar-refractivity contribution in [3.05, 3.63) is 28.8 Å². The molecule has 1 amide bonds. The lowest BCUT2D eigenvalue weighted by molar-refractivity contribution is -0.884. The summed E-state index contributed by atoms with van der Waals surface area (Å²) in [4.78, 5) is 13.7. The zero-order valence-corrected chi connectivity index (χ0v) is 12.0. The molecule has 2 rings (SSSR count). The van der Waals surface area contributed by atoms with Crippen LogP contribution in [0.3, 0.4) is 0 Å². The van der Waals surface area contributed by atoms with Gasteiger partial charge in [0.2, 0.25) is 0 Å². The summed E-state index contributed by atoms with van der Waals surface area (Å²) in [6, 6.07) is 5.03. The van der Waals surface area contributed by atoms with E-state index in [0.717, 1.165) is 26.2 Å². The SMILES string of the molecule is COc1ccc(Cl)cc1C(=O)NN1CC[NH+](C)CC1. The van der Waals surface area contributed by atoms with Gasteiger partial charge in [-0.05, 0) is 18.2 Å². The average Bonchev–Trinajstić information content (AvgIpc) is 2.41. The fourth-order valence-corrected chi connectivity index (χ4v) is 2.23. The summed E-state index contributed by atoms with van der Waals surface area (Å²) in [5, 5.41) is 2.46. The van der Waals surface area contributed by atoms with Gasteiger partial charge in [0.05, 0.1) is 45.9 Å². The topological polar surface area (TPSA) is 46.0 Å². The van der Waals surface area contributed by atoms with Gasteiger partial charge in [-0.25, -0.2) is 5.01 Å². The first-order chi connectivity index (χ1) is 9.10. The number of benzene rings is 1. The van der Waals surface area contributed by atoms with Crippen LogP contribution < -0.4 is 15.1 Å². The highest BCUT2D eigenvalue weighted by molar-refractivity contribution is 6.31. The Morgan fingerprint density at radius 1 is 1.42 bits per heavy atom. The lowest BCUT2D eigenvalue weighted by Crippen LogP contribution is -3.12. The van der Waals surface area contributed by atoms with Gasteiger partial charge in [-0.3, -0.25) is 10.2 Å². The van der Waals surface area contributed by atoms with Gasteiger partial charge in [0.1, 0.15) is 5.75 Å². The van der Waals surface area contributed by atoms with E-state index in [0.29, 0.717) is 16.3 Å². The van der Waals surface area contributed by atoms with Crippen molar-refractivity contribution in [1.82, 2.24) is 10.4 Å². The first-order valence-corrected chi connectivity index (χ1v) is 6.68. The van der Waals surface area contributed by atoms with Crippen molar-refractivity contribution in [3.8, 4) is 5.75 Å². The Bertz CT molecular complexity index is 459. The number of likely N-dealkylation sites (N-methyl/N-ethyl adjacent to an activating group) is 1. The number of amides is 1. The summed E-state index contributed by atoms with van der Waals surface area (Å²) in [6.07, 6.45) is 0. The van der Waals surface area contributed by atoms with Crippen molar-refractivity contribution in [2.24, 2.45) is 0 Å². The third kappa shape index (κ3) is 3.59. The van der Waals surface area contributed by atoms with Gasteiger partial charge in [0, 0.05) is 5.02 Å². The van der Waals surface area contributed by atoms with Crippen molar-refractivity contribution < 1.29 is 14.4 Å². The number of carbonyl (C=O) groups is 1. The second-order valence-corrected chi connectivity index (χ2v) is 5.17. The Hall–Kier alpha value is -1.30. The van der Waals surface area contributed by atoms with E-state index in [2.05, 4.69) is 12.5 Å². The lowest BCUT2D eigenvalue weighted by Gasteiger charge is -2.30. The number of quaternary nitrogens is 1. The van der Waals surface area contributed by atoms with Gasteiger partial charge in [-0.1, -0.05) is 11.6 Å². The van der Waals surface area contributed by atoms with Crippen LogP contribution in [0.25, 0.3) is 0 Å². The van der Waals surface area contributed by atoms with E-state index in [1.807, 2.05) is 5.01 Å². The van der Waals surface area contributed by atoms with Crippen LogP contribution in [0, 0.1) is 0 Å². The molecule has 0 atom stereocenters. The molecule has 1 aromatic carbocycles. The molecule has 5 nitrogen and oxygen atoms in total. The van der Waals surface area contributed by atoms with Gasteiger partial charge < -0.3 is 9.64 Å². The molecular weight excluding hydrogens is 266 g/mol. The van der Waals surface area contributed by atoms with Crippen LogP contribution in [0.2, 0.25) is 5.02 Å². The molecule has 1 aromatic rings. The normalized spacial score (nSPS) is 17.2. The quantitative estimate of drug-likeness (QED) is 0.810. The van der Waals surface area contributed by atoms with Crippen LogP contribution in [0.5, 0.6) is 5.75 Å². The highest BCUT2D eigenvalue weighted by Crippen LogP contribution is 2.22. The predicted octanol–water partition coefficient (Wildman–Crippen LogP) is -0.176. The first-order valence-electron chi connectivity index (χ1n) is 6.31. The number of piperazine rings is 1. The Morgan fingerprint density at radius 3 is 2.74 bits per heavy atom. The van der Waals surface area contributed by atoms with Crippen LogP contribution >= 0.6 is 11.6 Å². The number of hydrazine groups is 1. The predicted molar refractivity (Wildman–Crippen MR) is 73.7 cm³/mol. The molecule has 0 bridgehead atoms. The van der Waals surface area contributed by atoms with Crippen LogP contribution in [0.4, 0.5) is 0 Å². The van der Waals surface area contributed by atoms with E-state index in [-0.39, 0.29) is 5.91 Å². The van der Waals surface area contributed by atoms with E-state index >= 15 is 0 Å². The minimum Gasteiger partial charge on any atom is -0.496 e. The molecular formula is C13H19ClN3O2+. The third-order valence-corrected chi connectivity index (χ3v) is 3.52. The van der Waals surface area contributed by atoms with Crippen molar-refractivity contribution >= 4 is 17.5 Å². The third-order valence-electron chi connectivity index (χ3n) is 3.28. The molecule has 1 fully saturated rings. The van der Waals surface area contributed by atoms with Crippen LogP contribution in [0.1, 0.15) is 10.4 Å². The van der Waals surface area contributed by atoms with Gasteiger partial charge in [-0.2, -0.15) is 0 Å². The van der Waals surface area contributed by atoms with E-state index in [1.165, 1.54) is 4.90 Å². The molecule has 0 spiro atoms. The smallest absolute Gasteiger partial charge is 0.269 e. The Kier molecular flexibility index (Phi) is 4.63. The molecule has 6 heteroatoms. The molecule has 1 heterocycles. The Balaban J connectivity index is 2.05. The van der Waals surface area contributed by atoms with Crippen molar-refractivity contribution in [1.29, 1.82) is 0 Å². The zero-order chi connectivity index (χ0) is 13.8. The number of nitrogens with one attached hydrogen (secondary N) is 2. The molecule has 1 saturated heterocycles. The Morgan fingerprint density at radius 2 is 2.11 bits per heavy atom. The fraction of sp³-hybridized carbons (Fsp3) is 0.462. The van der Waals surface area contributed by atoms with E-state index in [9.17, 15) is 4.79 Å². The minimum atomic E-state index is -0.182. The number of rotatable bonds is 3. The summed E-state index contributed by atoms with van der Waals surface area (Å²) in [5.74, 6) is 0.348. The van der Waals surface area contributed by atoms with Crippen molar-refractivity contribution in [2.45, 2.75) is 0 Å². The van der Waals surface area contributed by atoms with E-state index in [1.54, 1.807) is 25.3 Å². The van der Waals surface area contributed by atoms with Crippen LogP contribution in [0.15, 0.2) is 18.2 Å². The number of hydrogen-bond donors (Lipinski definition) is 2. The summed E-state index contributed by atoms with van der Waals surface area (Å²) in [7, 11) is 3.69. The van der Waals surface area contributed by atoms with Gasteiger partial charge in [0.15, 0.2) is 0 Å². The Labute approximate surface area is 118 Å². The van der Waals surface area contributed by atoms with Crippen molar-refractivity contribution in [2.75, 3.05) is 40.3 Å². The van der Waals surface area contributed by atoms with Crippen molar-refractivity contribution in [3.63, 3.8) is 0 Å². The lowest BCUT2D eigenvalue weighted by atomic mass is 10.2. The number of methoxy groups -OCH3 is 1. The highest BCUT2D eigenvalue weighted by Gasteiger charge is 2.20. The average molecular weight is 285 g/mol. The zero-order valence-electron chi connectivity index (χ0n) is 11.2. The van der Waals surface area contributed by atoms with Gasteiger partial charge >= 0.3 is 0 Å². The number of carbonyl (C=O) groups excluding carboxylic acids is 1. The maximum atomic E-state index is 12.2. The molecule has 0 unspecified atom stereocenters. The van der Waals surface area contributed by atoms with Gasteiger partial charge in [-0.15, -0.1) is 0 Å². The summed E-state index contributed by atoms with van der Waals surface area (Å²) in [5.41, 5.74) is 3.36. The first kappa shape index (κ1) is 14.1. The molecule has 104 valence electrons. The second kappa shape index (κ2) is 6.23. The monoisotopic (exact) mass is 284 g/mol. The van der Waals surface area contributed by atoms with E-state index < -0.39 is 0 Å². The van der Waals surface area contributed by atoms with Crippen LogP contribution in [-0.2, 0) is 0 Å². The molecule has 19 heavy (non-hydrogen) atoms. The number of ether oxygens (including phenoxy) is 1. The second-order valence-electron chi connectivity index (χ2n) is 4.73.